The molecular weight excluding hydrogens is 254 g/mol. The van der Waals surface area contributed by atoms with Crippen LogP contribution in [0.5, 0.6) is 0 Å². The number of hydrogen-bond acceptors (Lipinski definition) is 4. The molecule has 0 heterocycles. The Hall–Kier alpha value is -1.81. The summed E-state index contributed by atoms with van der Waals surface area (Å²) in [5, 5.41) is 0. The first kappa shape index (κ1) is 14.6. The van der Waals surface area contributed by atoms with E-state index in [1.54, 1.807) is 25.3 Å². The molecule has 0 aliphatic heterocycles. The van der Waals surface area contributed by atoms with Crippen LogP contribution >= 0.6 is 0 Å². The minimum absolute atomic E-state index is 0.0303. The van der Waals surface area contributed by atoms with Crippen molar-refractivity contribution < 1.29 is 14.3 Å². The van der Waals surface area contributed by atoms with Gasteiger partial charge in [-0.15, -0.1) is 0 Å². The second-order valence-corrected chi connectivity index (χ2v) is 5.08. The van der Waals surface area contributed by atoms with E-state index in [9.17, 15) is 4.79 Å². The molecule has 1 aromatic carbocycles. The second kappa shape index (κ2) is 7.10. The monoisotopic (exact) mass is 275 g/mol. The lowest BCUT2D eigenvalue weighted by molar-refractivity contribution is -0.146. The highest BCUT2D eigenvalue weighted by Gasteiger charge is 2.23. The van der Waals surface area contributed by atoms with Gasteiger partial charge >= 0.3 is 5.97 Å². The summed E-state index contributed by atoms with van der Waals surface area (Å²) in [5.41, 5.74) is 7.24. The molecule has 20 heavy (non-hydrogen) atoms. The van der Waals surface area contributed by atoms with Crippen LogP contribution in [-0.4, -0.2) is 25.3 Å². The van der Waals surface area contributed by atoms with Gasteiger partial charge in [0.15, 0.2) is 0 Å². The number of nitrogens with two attached hydrogens (primary N) is 1. The van der Waals surface area contributed by atoms with Crippen LogP contribution in [0.15, 0.2) is 30.3 Å². The average molecular weight is 275 g/mol. The summed E-state index contributed by atoms with van der Waals surface area (Å²) in [6, 6.07) is 7.33. The van der Waals surface area contributed by atoms with Gasteiger partial charge < -0.3 is 15.2 Å². The molecule has 108 valence electrons. The maximum atomic E-state index is 11.8. The SMILES string of the molecule is COC1CCCC(OC(=O)/C=C/c2ccc(N)cc2)C1. The van der Waals surface area contributed by atoms with Crippen LogP contribution in [0.4, 0.5) is 5.69 Å². The molecule has 1 aliphatic rings. The minimum Gasteiger partial charge on any atom is -0.459 e. The van der Waals surface area contributed by atoms with Gasteiger partial charge in [-0.25, -0.2) is 4.79 Å². The van der Waals surface area contributed by atoms with Crippen LogP contribution in [0.2, 0.25) is 0 Å². The van der Waals surface area contributed by atoms with E-state index in [1.807, 2.05) is 12.1 Å². The smallest absolute Gasteiger partial charge is 0.331 e. The molecule has 0 saturated heterocycles. The van der Waals surface area contributed by atoms with Crippen LogP contribution in [0.25, 0.3) is 6.08 Å². The number of rotatable bonds is 4. The van der Waals surface area contributed by atoms with Crippen LogP contribution in [0.1, 0.15) is 31.2 Å². The molecule has 2 N–H and O–H groups in total. The van der Waals surface area contributed by atoms with Gasteiger partial charge in [-0.1, -0.05) is 12.1 Å². The van der Waals surface area contributed by atoms with Crippen LogP contribution in [-0.2, 0) is 14.3 Å². The molecule has 4 heteroatoms. The quantitative estimate of drug-likeness (QED) is 0.521. The molecule has 1 aliphatic carbocycles. The van der Waals surface area contributed by atoms with Gasteiger partial charge in [-0.05, 0) is 43.0 Å². The molecular formula is C16H21NO3. The fourth-order valence-corrected chi connectivity index (χ4v) is 2.40. The molecule has 1 fully saturated rings. The zero-order valence-electron chi connectivity index (χ0n) is 11.7. The van der Waals surface area contributed by atoms with E-state index in [2.05, 4.69) is 0 Å². The number of nitrogen functional groups attached to an aromatic ring is 1. The fraction of sp³-hybridized carbons (Fsp3) is 0.438. The predicted molar refractivity (Wildman–Crippen MR) is 79.0 cm³/mol. The number of ether oxygens (including phenoxy) is 2. The molecule has 4 nitrogen and oxygen atoms in total. The van der Waals surface area contributed by atoms with Gasteiger partial charge in [-0.3, -0.25) is 0 Å². The summed E-state index contributed by atoms with van der Waals surface area (Å²) in [5.74, 6) is -0.302. The molecule has 2 rings (SSSR count). The molecule has 0 radical (unpaired) electrons. The van der Waals surface area contributed by atoms with E-state index in [1.165, 1.54) is 6.08 Å². The largest absolute Gasteiger partial charge is 0.459 e. The summed E-state index contributed by atoms with van der Waals surface area (Å²) in [6.45, 7) is 0. The standard InChI is InChI=1S/C16H21NO3/c1-19-14-3-2-4-15(11-14)20-16(18)10-7-12-5-8-13(17)9-6-12/h5-10,14-15H,2-4,11,17H2,1H3/b10-7+. The number of anilines is 1. The van der Waals surface area contributed by atoms with Crippen molar-refractivity contribution in [2.24, 2.45) is 0 Å². The van der Waals surface area contributed by atoms with Crippen molar-refractivity contribution in [3.05, 3.63) is 35.9 Å². The van der Waals surface area contributed by atoms with Crippen molar-refractivity contribution in [2.45, 2.75) is 37.9 Å². The number of carbonyl (C=O) groups excluding carboxylic acids is 1. The van der Waals surface area contributed by atoms with Crippen LogP contribution in [0.3, 0.4) is 0 Å². The van der Waals surface area contributed by atoms with Crippen molar-refractivity contribution in [3.8, 4) is 0 Å². The molecule has 2 atom stereocenters. The van der Waals surface area contributed by atoms with E-state index in [0.29, 0.717) is 5.69 Å². The first-order valence-corrected chi connectivity index (χ1v) is 6.94. The summed E-state index contributed by atoms with van der Waals surface area (Å²) >= 11 is 0. The zero-order valence-corrected chi connectivity index (χ0v) is 11.7. The van der Waals surface area contributed by atoms with E-state index in [0.717, 1.165) is 31.2 Å². The Morgan fingerprint density at radius 2 is 1.95 bits per heavy atom. The third-order valence-corrected chi connectivity index (χ3v) is 3.54. The van der Waals surface area contributed by atoms with E-state index in [-0.39, 0.29) is 18.2 Å². The van der Waals surface area contributed by atoms with Gasteiger partial charge in [0.05, 0.1) is 6.10 Å². The molecule has 0 bridgehead atoms. The highest BCUT2D eigenvalue weighted by Crippen LogP contribution is 2.23. The Morgan fingerprint density at radius 3 is 2.65 bits per heavy atom. The van der Waals surface area contributed by atoms with Crippen LogP contribution < -0.4 is 5.73 Å². The number of methoxy groups -OCH3 is 1. The first-order chi connectivity index (χ1) is 9.67. The molecule has 2 unspecified atom stereocenters. The van der Waals surface area contributed by atoms with Crippen molar-refractivity contribution in [2.75, 3.05) is 12.8 Å². The van der Waals surface area contributed by atoms with Crippen molar-refractivity contribution in [1.29, 1.82) is 0 Å². The van der Waals surface area contributed by atoms with E-state index < -0.39 is 0 Å². The molecule has 1 saturated carbocycles. The highest BCUT2D eigenvalue weighted by molar-refractivity contribution is 5.87. The number of hydrogen-bond donors (Lipinski definition) is 1. The normalized spacial score (nSPS) is 22.9. The predicted octanol–water partition coefficient (Wildman–Crippen LogP) is 2.78. The van der Waals surface area contributed by atoms with Gasteiger partial charge in [0.2, 0.25) is 0 Å². The Morgan fingerprint density at radius 1 is 1.25 bits per heavy atom. The lowest BCUT2D eigenvalue weighted by atomic mass is 9.95. The zero-order chi connectivity index (χ0) is 14.4. The first-order valence-electron chi connectivity index (χ1n) is 6.94. The Bertz CT molecular complexity index is 467. The lowest BCUT2D eigenvalue weighted by Crippen LogP contribution is -2.28. The number of benzene rings is 1. The summed E-state index contributed by atoms with van der Waals surface area (Å²) in [7, 11) is 1.70. The lowest BCUT2D eigenvalue weighted by Gasteiger charge is -2.27. The summed E-state index contributed by atoms with van der Waals surface area (Å²) in [4.78, 5) is 11.8. The Balaban J connectivity index is 1.84. The average Bonchev–Trinajstić information content (AvgIpc) is 2.47. The maximum Gasteiger partial charge on any atom is 0.331 e. The minimum atomic E-state index is -0.302. The maximum absolute atomic E-state index is 11.8. The third-order valence-electron chi connectivity index (χ3n) is 3.54. The molecule has 0 aromatic heterocycles. The second-order valence-electron chi connectivity index (χ2n) is 5.08. The fourth-order valence-electron chi connectivity index (χ4n) is 2.40. The number of esters is 1. The Labute approximate surface area is 119 Å². The number of carbonyl (C=O) groups is 1. The van der Waals surface area contributed by atoms with Gasteiger partial charge in [0.1, 0.15) is 6.10 Å². The third kappa shape index (κ3) is 4.38. The van der Waals surface area contributed by atoms with Gasteiger partial charge in [-0.2, -0.15) is 0 Å². The van der Waals surface area contributed by atoms with Gasteiger partial charge in [0, 0.05) is 25.3 Å². The van der Waals surface area contributed by atoms with E-state index >= 15 is 0 Å². The van der Waals surface area contributed by atoms with Crippen molar-refractivity contribution >= 4 is 17.7 Å². The Kier molecular flexibility index (Phi) is 5.18. The molecule has 0 spiro atoms. The van der Waals surface area contributed by atoms with Crippen molar-refractivity contribution in [1.82, 2.24) is 0 Å². The van der Waals surface area contributed by atoms with Crippen molar-refractivity contribution in [3.63, 3.8) is 0 Å². The molecule has 1 aromatic rings. The summed E-state index contributed by atoms with van der Waals surface area (Å²) in [6.07, 6.45) is 7.17. The topological polar surface area (TPSA) is 61.5 Å². The highest BCUT2D eigenvalue weighted by atomic mass is 16.5. The van der Waals surface area contributed by atoms with Crippen LogP contribution in [0, 0.1) is 0 Å². The van der Waals surface area contributed by atoms with E-state index in [4.69, 9.17) is 15.2 Å². The summed E-state index contributed by atoms with van der Waals surface area (Å²) < 4.78 is 10.8. The molecule has 0 amide bonds. The van der Waals surface area contributed by atoms with Gasteiger partial charge in [0.25, 0.3) is 0 Å².